The molecule has 7 nitrogen and oxygen atoms in total. The van der Waals surface area contributed by atoms with Gasteiger partial charge in [-0.05, 0) is 57.9 Å². The highest BCUT2D eigenvalue weighted by molar-refractivity contribution is 5.73. The van der Waals surface area contributed by atoms with Crippen molar-refractivity contribution in [3.8, 4) is 11.4 Å². The van der Waals surface area contributed by atoms with Crippen LogP contribution in [0.25, 0.3) is 17.0 Å². The monoisotopic (exact) mass is 423 g/mol. The summed E-state index contributed by atoms with van der Waals surface area (Å²) in [6.45, 7) is 6.70. The first-order valence-corrected chi connectivity index (χ1v) is 10.4. The molecule has 0 aliphatic carbocycles. The van der Waals surface area contributed by atoms with Gasteiger partial charge in [0.1, 0.15) is 23.8 Å². The number of nitrogens with zero attached hydrogens (tertiary/aromatic N) is 7. The van der Waals surface area contributed by atoms with Gasteiger partial charge in [0.2, 0.25) is 0 Å². The Balaban J connectivity index is 1.59. The zero-order valence-electron chi connectivity index (χ0n) is 17.6. The lowest BCUT2D eigenvalue weighted by molar-refractivity contribution is 0.451. The molecule has 1 aliphatic heterocycles. The van der Waals surface area contributed by atoms with Crippen molar-refractivity contribution >= 4 is 11.5 Å². The summed E-state index contributed by atoms with van der Waals surface area (Å²) in [7, 11) is 0. The zero-order valence-corrected chi connectivity index (χ0v) is 17.6. The minimum Gasteiger partial charge on any atom is -0.347 e. The molecule has 0 amide bonds. The first-order valence-electron chi connectivity index (χ1n) is 10.4. The molecule has 1 saturated heterocycles. The predicted octanol–water partition coefficient (Wildman–Crippen LogP) is 4.36. The molecule has 3 aromatic heterocycles. The van der Waals surface area contributed by atoms with Crippen molar-refractivity contribution in [2.24, 2.45) is 0 Å². The van der Waals surface area contributed by atoms with Crippen LogP contribution >= 0.6 is 0 Å². The SMILES string of the molecule is CC(C)n1cnc(-c2cnn3ccc(N4CCC[C@]4(C)c4cc(F)ccc4F)nc23)n1. The van der Waals surface area contributed by atoms with E-state index in [4.69, 9.17) is 4.98 Å². The van der Waals surface area contributed by atoms with Crippen molar-refractivity contribution in [3.05, 3.63) is 60.2 Å². The number of hydrogen-bond acceptors (Lipinski definition) is 5. The predicted molar refractivity (Wildman–Crippen MR) is 113 cm³/mol. The number of rotatable bonds is 4. The van der Waals surface area contributed by atoms with Gasteiger partial charge in [-0.3, -0.25) is 0 Å². The molecule has 4 aromatic rings. The molecule has 0 unspecified atom stereocenters. The number of fused-ring (bicyclic) bond motifs is 1. The van der Waals surface area contributed by atoms with Crippen LogP contribution in [0.3, 0.4) is 0 Å². The van der Waals surface area contributed by atoms with Crippen molar-refractivity contribution < 1.29 is 8.78 Å². The van der Waals surface area contributed by atoms with Crippen LogP contribution in [-0.4, -0.2) is 35.9 Å². The molecule has 1 aliphatic rings. The highest BCUT2D eigenvalue weighted by atomic mass is 19.1. The van der Waals surface area contributed by atoms with Crippen LogP contribution < -0.4 is 4.90 Å². The third kappa shape index (κ3) is 3.15. The van der Waals surface area contributed by atoms with Crippen molar-refractivity contribution in [3.63, 3.8) is 0 Å². The minimum atomic E-state index is -0.699. The molecular formula is C22H23F2N7. The van der Waals surface area contributed by atoms with E-state index in [0.717, 1.165) is 18.1 Å². The molecule has 0 radical (unpaired) electrons. The molecule has 160 valence electrons. The Bertz CT molecular complexity index is 1260. The van der Waals surface area contributed by atoms with Crippen molar-refractivity contribution in [2.75, 3.05) is 11.4 Å². The summed E-state index contributed by atoms with van der Waals surface area (Å²) >= 11 is 0. The van der Waals surface area contributed by atoms with Gasteiger partial charge in [-0.1, -0.05) is 0 Å². The number of anilines is 1. The summed E-state index contributed by atoms with van der Waals surface area (Å²) in [6, 6.07) is 5.67. The summed E-state index contributed by atoms with van der Waals surface area (Å²) in [6.07, 6.45) is 6.76. The molecule has 9 heteroatoms. The highest BCUT2D eigenvalue weighted by Gasteiger charge is 2.41. The minimum absolute atomic E-state index is 0.193. The second-order valence-corrected chi connectivity index (χ2v) is 8.41. The van der Waals surface area contributed by atoms with E-state index in [1.165, 1.54) is 12.1 Å². The van der Waals surface area contributed by atoms with E-state index in [0.29, 0.717) is 35.8 Å². The maximum Gasteiger partial charge on any atom is 0.186 e. The van der Waals surface area contributed by atoms with Gasteiger partial charge in [-0.15, -0.1) is 0 Å². The molecule has 5 rings (SSSR count). The van der Waals surface area contributed by atoms with Gasteiger partial charge in [0, 0.05) is 24.3 Å². The molecule has 31 heavy (non-hydrogen) atoms. The molecule has 0 saturated carbocycles. The molecule has 0 bridgehead atoms. The number of benzene rings is 1. The Morgan fingerprint density at radius 3 is 2.77 bits per heavy atom. The Hall–Kier alpha value is -3.36. The summed E-state index contributed by atoms with van der Waals surface area (Å²) in [5, 5.41) is 8.91. The topological polar surface area (TPSA) is 64.1 Å². The third-order valence-corrected chi connectivity index (χ3v) is 6.06. The van der Waals surface area contributed by atoms with E-state index in [2.05, 4.69) is 15.2 Å². The fraction of sp³-hybridized carbons (Fsp3) is 0.364. The maximum atomic E-state index is 14.7. The Labute approximate surface area is 178 Å². The summed E-state index contributed by atoms with van der Waals surface area (Å²) < 4.78 is 32.1. The average molecular weight is 423 g/mol. The van der Waals surface area contributed by atoms with Gasteiger partial charge in [0.25, 0.3) is 0 Å². The second-order valence-electron chi connectivity index (χ2n) is 8.41. The van der Waals surface area contributed by atoms with Crippen LogP contribution in [0.2, 0.25) is 0 Å². The van der Waals surface area contributed by atoms with Gasteiger partial charge in [0.05, 0.1) is 17.3 Å². The van der Waals surface area contributed by atoms with Gasteiger partial charge >= 0.3 is 0 Å². The summed E-state index contributed by atoms with van der Waals surface area (Å²) in [5.74, 6) is 0.373. The lowest BCUT2D eigenvalue weighted by Crippen LogP contribution is -2.40. The number of hydrogen-bond donors (Lipinski definition) is 0. The average Bonchev–Trinajstić information content (AvgIpc) is 3.47. The highest BCUT2D eigenvalue weighted by Crippen LogP contribution is 2.42. The molecule has 1 aromatic carbocycles. The third-order valence-electron chi connectivity index (χ3n) is 6.06. The van der Waals surface area contributed by atoms with Crippen LogP contribution in [0.1, 0.15) is 45.2 Å². The van der Waals surface area contributed by atoms with E-state index < -0.39 is 17.2 Å². The van der Waals surface area contributed by atoms with E-state index in [9.17, 15) is 8.78 Å². The van der Waals surface area contributed by atoms with Crippen LogP contribution in [0, 0.1) is 11.6 Å². The van der Waals surface area contributed by atoms with Crippen molar-refractivity contribution in [1.29, 1.82) is 0 Å². The van der Waals surface area contributed by atoms with Crippen LogP contribution in [-0.2, 0) is 5.54 Å². The van der Waals surface area contributed by atoms with E-state index >= 15 is 0 Å². The Kier molecular flexibility index (Phi) is 4.49. The lowest BCUT2D eigenvalue weighted by Gasteiger charge is -2.37. The first-order chi connectivity index (χ1) is 14.9. The van der Waals surface area contributed by atoms with Gasteiger partial charge < -0.3 is 4.90 Å². The number of aromatic nitrogens is 6. The number of halogens is 2. The molecule has 0 N–H and O–H groups in total. The molecule has 4 heterocycles. The lowest BCUT2D eigenvalue weighted by atomic mass is 9.88. The normalized spacial score (nSPS) is 19.1. The smallest absolute Gasteiger partial charge is 0.186 e. The summed E-state index contributed by atoms with van der Waals surface area (Å²) in [5.41, 5.74) is 0.986. The Morgan fingerprint density at radius 1 is 1.16 bits per heavy atom. The fourth-order valence-electron chi connectivity index (χ4n) is 4.34. The van der Waals surface area contributed by atoms with Crippen LogP contribution in [0.15, 0.2) is 43.0 Å². The van der Waals surface area contributed by atoms with E-state index in [1.807, 2.05) is 37.9 Å². The van der Waals surface area contributed by atoms with Crippen molar-refractivity contribution in [2.45, 2.75) is 45.2 Å². The van der Waals surface area contributed by atoms with Gasteiger partial charge in [-0.2, -0.15) is 10.2 Å². The quantitative estimate of drug-likeness (QED) is 0.488. The molecule has 0 spiro atoms. The molecular weight excluding hydrogens is 400 g/mol. The second kappa shape index (κ2) is 7.11. The Morgan fingerprint density at radius 2 is 2.00 bits per heavy atom. The summed E-state index contributed by atoms with van der Waals surface area (Å²) in [4.78, 5) is 11.3. The zero-order chi connectivity index (χ0) is 21.8. The van der Waals surface area contributed by atoms with Crippen molar-refractivity contribution in [1.82, 2.24) is 29.4 Å². The van der Waals surface area contributed by atoms with E-state index in [1.54, 1.807) is 21.7 Å². The van der Waals surface area contributed by atoms with E-state index in [-0.39, 0.29) is 6.04 Å². The maximum absolute atomic E-state index is 14.7. The molecule has 1 fully saturated rings. The largest absolute Gasteiger partial charge is 0.347 e. The van der Waals surface area contributed by atoms with Crippen LogP contribution in [0.4, 0.5) is 14.6 Å². The standard InChI is InChI=1S/C22H23F2N7/c1-14(2)31-13-25-20(28-31)16-12-26-30-10-7-19(27-21(16)30)29-9-4-8-22(29,3)17-11-15(23)5-6-18(17)24/h5-7,10-14H,4,8-9H2,1-3H3/t22-/m1/s1. The van der Waals surface area contributed by atoms with Crippen LogP contribution in [0.5, 0.6) is 0 Å². The fourth-order valence-corrected chi connectivity index (χ4v) is 4.34. The van der Waals surface area contributed by atoms with Gasteiger partial charge in [0.15, 0.2) is 11.5 Å². The first kappa shape index (κ1) is 19.6. The molecule has 1 atom stereocenters. The van der Waals surface area contributed by atoms with Gasteiger partial charge in [-0.25, -0.2) is 27.9 Å².